The molecule has 0 fully saturated rings. The summed E-state index contributed by atoms with van der Waals surface area (Å²) >= 11 is 1.49. The van der Waals surface area contributed by atoms with Gasteiger partial charge in [-0.25, -0.2) is 4.79 Å². The van der Waals surface area contributed by atoms with E-state index in [4.69, 9.17) is 0 Å². The quantitative estimate of drug-likeness (QED) is 0.254. The van der Waals surface area contributed by atoms with Gasteiger partial charge < -0.3 is 24.3 Å². The zero-order chi connectivity index (χ0) is 28.7. The van der Waals surface area contributed by atoms with E-state index >= 15 is 0 Å². The van der Waals surface area contributed by atoms with Gasteiger partial charge in [0.1, 0.15) is 5.00 Å². The molecule has 2 unspecified atom stereocenters. The van der Waals surface area contributed by atoms with Crippen LogP contribution in [-0.2, 0) is 12.8 Å². The zero-order valence-electron chi connectivity index (χ0n) is 24.7. The first-order valence-electron chi connectivity index (χ1n) is 13.5. The summed E-state index contributed by atoms with van der Waals surface area (Å²) in [5, 5.41) is 15.2. The summed E-state index contributed by atoms with van der Waals surface area (Å²) in [7, 11) is 1.78. The number of anilines is 1. The van der Waals surface area contributed by atoms with Gasteiger partial charge in [-0.3, -0.25) is 0 Å². The van der Waals surface area contributed by atoms with Crippen LogP contribution >= 0.6 is 11.3 Å². The summed E-state index contributed by atoms with van der Waals surface area (Å²) in [5.41, 5.74) is 6.69. The minimum absolute atomic E-state index is 0. The average Bonchev–Trinajstić information content (AvgIpc) is 3.34. The van der Waals surface area contributed by atoms with Gasteiger partial charge in [-0.2, -0.15) is 11.8 Å². The molecule has 1 aliphatic carbocycles. The first-order valence-corrected chi connectivity index (χ1v) is 14.4. The Kier molecular flexibility index (Phi) is 19.2. The molecule has 0 spiro atoms. The maximum Gasteiger partial charge on any atom is 2.00 e. The summed E-state index contributed by atoms with van der Waals surface area (Å²) in [4.78, 5) is 11.5. The molecule has 3 nitrogen and oxygen atoms in total. The third-order valence-electron chi connectivity index (χ3n) is 6.06. The predicted molar refractivity (Wildman–Crippen MR) is 168 cm³/mol. The molecule has 5 heteroatoms. The van der Waals surface area contributed by atoms with Gasteiger partial charge in [-0.15, -0.1) is 11.3 Å². The number of nitrogens with one attached hydrogen (secondary N) is 1. The molecule has 1 heterocycles. The molecule has 0 saturated heterocycles. The number of hydrogen-bond acceptors (Lipinski definition) is 3. The Balaban J connectivity index is 0.000000631. The number of hydrogen-bond donors (Lipinski definition) is 2. The molecule has 0 amide bonds. The minimum Gasteiger partial charge on any atom is -0.478 e. The van der Waals surface area contributed by atoms with Crippen LogP contribution in [0.4, 0.5) is 5.00 Å². The SMILES string of the molecule is C=Cc1ccc(C)cc1.CNc1scc(C2CCc3ccccc3C2)c1C(=O)O.[CH2-]C(C)C.[CH2-]C(C)CC.[U+2]. The van der Waals surface area contributed by atoms with Gasteiger partial charge in [-0.05, 0) is 59.7 Å². The van der Waals surface area contributed by atoms with Crippen LogP contribution in [0.5, 0.6) is 0 Å². The van der Waals surface area contributed by atoms with E-state index in [9.17, 15) is 9.90 Å². The number of benzene rings is 2. The van der Waals surface area contributed by atoms with E-state index in [0.717, 1.165) is 29.8 Å². The number of carbonyl (C=O) groups is 1. The Hall–Kier alpha value is -1.80. The number of rotatable bonds is 5. The Morgan fingerprint density at radius 2 is 1.67 bits per heavy atom. The molecule has 0 saturated carbocycles. The molecule has 2 N–H and O–H groups in total. The Morgan fingerprint density at radius 1 is 1.13 bits per heavy atom. The number of thiophene rings is 1. The van der Waals surface area contributed by atoms with Crippen LogP contribution in [0, 0.1) is 63.7 Å². The molecular formula is C34H47NO2SU. The number of aromatic carboxylic acids is 1. The second-order valence-corrected chi connectivity index (χ2v) is 11.1. The fourth-order valence-electron chi connectivity index (χ4n) is 3.74. The molecule has 1 aromatic heterocycles. The molecule has 210 valence electrons. The van der Waals surface area contributed by atoms with Gasteiger partial charge in [0.2, 0.25) is 0 Å². The van der Waals surface area contributed by atoms with Crippen LogP contribution in [0.1, 0.15) is 84.6 Å². The van der Waals surface area contributed by atoms with Crippen molar-refractivity contribution in [2.75, 3.05) is 12.4 Å². The maximum atomic E-state index is 11.5. The van der Waals surface area contributed by atoms with Crippen molar-refractivity contribution in [1.82, 2.24) is 0 Å². The number of fused-ring (bicyclic) bond motifs is 1. The second kappa shape index (κ2) is 20.1. The van der Waals surface area contributed by atoms with Crippen molar-refractivity contribution in [3.05, 3.63) is 108 Å². The number of aryl methyl sites for hydroxylation is 2. The van der Waals surface area contributed by atoms with Crippen LogP contribution in [0.3, 0.4) is 0 Å². The standard InChI is InChI=1S/C16H17NO2S.C9H10.C5H11.C4H9.U/c1-17-15-14(16(18)19)13(9-20-15)12-7-6-10-4-2-3-5-11(10)8-12;1-3-9-6-4-8(2)5-7-9;1-4-5(2)3;1-4(2)3;/h2-5,9,12,17H,6-8H2,1H3,(H,18,19);3-7H,1H2,2H3;5H,2,4H2,1,3H3;4H,1H2,2-3H3;/q;;2*-1;+2. The van der Waals surface area contributed by atoms with Crippen molar-refractivity contribution in [1.29, 1.82) is 0 Å². The van der Waals surface area contributed by atoms with Gasteiger partial charge in [0.15, 0.2) is 0 Å². The molecule has 0 aliphatic heterocycles. The summed E-state index contributed by atoms with van der Waals surface area (Å²) in [5.74, 6) is 0.703. The Bertz CT molecular complexity index is 1100. The Morgan fingerprint density at radius 3 is 2.13 bits per heavy atom. The van der Waals surface area contributed by atoms with E-state index in [1.807, 2.05) is 11.5 Å². The van der Waals surface area contributed by atoms with Crippen molar-refractivity contribution in [3.8, 4) is 0 Å². The number of carboxylic acid groups (broad SMARTS) is 1. The summed E-state index contributed by atoms with van der Waals surface area (Å²) in [6.07, 6.45) is 6.04. The van der Waals surface area contributed by atoms with Gasteiger partial charge in [0, 0.05) is 7.05 Å². The second-order valence-electron chi connectivity index (χ2n) is 10.2. The van der Waals surface area contributed by atoms with Crippen LogP contribution < -0.4 is 5.32 Å². The van der Waals surface area contributed by atoms with E-state index in [1.165, 1.54) is 40.0 Å². The Labute approximate surface area is 265 Å². The first kappa shape index (κ1) is 37.2. The molecule has 0 radical (unpaired) electrons. The van der Waals surface area contributed by atoms with Crippen molar-refractivity contribution < 1.29 is 41.0 Å². The topological polar surface area (TPSA) is 49.3 Å². The first-order chi connectivity index (χ1) is 18.0. The molecule has 1 aliphatic rings. The molecule has 2 atom stereocenters. The predicted octanol–water partition coefficient (Wildman–Crippen LogP) is 9.74. The fraction of sp³-hybridized carbons (Fsp3) is 0.382. The van der Waals surface area contributed by atoms with Gasteiger partial charge in [0.05, 0.1) is 5.56 Å². The third-order valence-corrected chi connectivity index (χ3v) is 7.07. The molecule has 3 aromatic rings. The summed E-state index contributed by atoms with van der Waals surface area (Å²) < 4.78 is 0. The van der Waals surface area contributed by atoms with Crippen molar-refractivity contribution in [2.24, 2.45) is 11.8 Å². The normalized spacial score (nSPS) is 13.9. The molecule has 4 rings (SSSR count). The van der Waals surface area contributed by atoms with E-state index in [2.05, 4.69) is 109 Å². The van der Waals surface area contributed by atoms with Crippen LogP contribution in [-0.4, -0.2) is 18.1 Å². The average molecular weight is 772 g/mol. The van der Waals surface area contributed by atoms with Crippen LogP contribution in [0.15, 0.2) is 60.5 Å². The largest absolute Gasteiger partial charge is 2.00 e. The van der Waals surface area contributed by atoms with E-state index in [-0.39, 0.29) is 31.1 Å². The maximum absolute atomic E-state index is 11.5. The third kappa shape index (κ3) is 13.9. The number of carboxylic acids is 1. The minimum atomic E-state index is -0.829. The summed E-state index contributed by atoms with van der Waals surface area (Å²) in [6, 6.07) is 16.7. The van der Waals surface area contributed by atoms with E-state index < -0.39 is 5.97 Å². The summed E-state index contributed by atoms with van der Waals surface area (Å²) in [6.45, 7) is 21.5. The van der Waals surface area contributed by atoms with Crippen molar-refractivity contribution in [2.45, 2.75) is 66.2 Å². The van der Waals surface area contributed by atoms with Crippen molar-refractivity contribution >= 4 is 28.4 Å². The van der Waals surface area contributed by atoms with Crippen LogP contribution in [0.25, 0.3) is 6.08 Å². The van der Waals surface area contributed by atoms with Crippen molar-refractivity contribution in [3.63, 3.8) is 0 Å². The van der Waals surface area contributed by atoms with Crippen LogP contribution in [0.2, 0.25) is 0 Å². The van der Waals surface area contributed by atoms with E-state index in [0.29, 0.717) is 23.3 Å². The monoisotopic (exact) mass is 771 g/mol. The van der Waals surface area contributed by atoms with Gasteiger partial charge in [-0.1, -0.05) is 101 Å². The zero-order valence-corrected chi connectivity index (χ0v) is 29.7. The van der Waals surface area contributed by atoms with Gasteiger partial charge in [0.25, 0.3) is 0 Å². The fourth-order valence-corrected chi connectivity index (χ4v) is 4.74. The molecule has 0 bridgehead atoms. The molecular weight excluding hydrogens is 724 g/mol. The molecule has 39 heavy (non-hydrogen) atoms. The van der Waals surface area contributed by atoms with Gasteiger partial charge >= 0.3 is 37.1 Å². The molecule has 2 aromatic carbocycles. The smallest absolute Gasteiger partial charge is 0.478 e. The van der Waals surface area contributed by atoms with E-state index in [1.54, 1.807) is 7.05 Å².